The first-order valence-electron chi connectivity index (χ1n) is 11.7. The number of rotatable bonds is 9. The summed E-state index contributed by atoms with van der Waals surface area (Å²) in [4.78, 5) is 28.2. The van der Waals surface area contributed by atoms with Crippen molar-refractivity contribution in [3.8, 4) is 0 Å². The topological polar surface area (TPSA) is 86.8 Å². The predicted octanol–water partition coefficient (Wildman–Crippen LogP) is 5.39. The minimum Gasteiger partial charge on any atom is -0.352 e. The lowest BCUT2D eigenvalue weighted by molar-refractivity contribution is -0.139. The van der Waals surface area contributed by atoms with Crippen molar-refractivity contribution in [1.82, 2.24) is 10.2 Å². The smallest absolute Gasteiger partial charge is 0.244 e. The van der Waals surface area contributed by atoms with Gasteiger partial charge in [-0.15, -0.1) is 0 Å². The van der Waals surface area contributed by atoms with Crippen LogP contribution in [0.5, 0.6) is 0 Å². The van der Waals surface area contributed by atoms with Crippen LogP contribution in [0.4, 0.5) is 5.69 Å². The summed E-state index contributed by atoms with van der Waals surface area (Å²) in [5.74, 6) is -0.801. The number of anilines is 1. The zero-order chi connectivity index (χ0) is 26.5. The Morgan fingerprint density at radius 2 is 1.72 bits per heavy atom. The van der Waals surface area contributed by atoms with Crippen LogP contribution in [0.15, 0.2) is 46.9 Å². The first kappa shape index (κ1) is 28.8. The molecule has 196 valence electrons. The van der Waals surface area contributed by atoms with E-state index in [-0.39, 0.29) is 34.2 Å². The van der Waals surface area contributed by atoms with E-state index in [9.17, 15) is 18.0 Å². The average molecular weight is 619 g/mol. The lowest BCUT2D eigenvalue weighted by Gasteiger charge is -2.33. The van der Waals surface area contributed by atoms with Crippen LogP contribution in [0.3, 0.4) is 0 Å². The van der Waals surface area contributed by atoms with Crippen LogP contribution in [-0.4, -0.2) is 50.0 Å². The summed E-state index contributed by atoms with van der Waals surface area (Å²) in [6, 6.07) is 11.2. The third-order valence-electron chi connectivity index (χ3n) is 6.26. The highest BCUT2D eigenvalue weighted by atomic mass is 79.9. The van der Waals surface area contributed by atoms with Gasteiger partial charge >= 0.3 is 0 Å². The minimum absolute atomic E-state index is 0.0277. The molecule has 0 heterocycles. The van der Waals surface area contributed by atoms with Gasteiger partial charge in [0.05, 0.1) is 22.0 Å². The number of nitrogens with one attached hydrogen (secondary N) is 1. The molecule has 11 heteroatoms. The van der Waals surface area contributed by atoms with Gasteiger partial charge < -0.3 is 10.2 Å². The Morgan fingerprint density at radius 3 is 2.33 bits per heavy atom. The summed E-state index contributed by atoms with van der Waals surface area (Å²) in [6.45, 7) is 1.26. The van der Waals surface area contributed by atoms with E-state index in [1.54, 1.807) is 13.0 Å². The summed E-state index contributed by atoms with van der Waals surface area (Å²) < 4.78 is 27.2. The van der Waals surface area contributed by atoms with Gasteiger partial charge in [-0.05, 0) is 49.6 Å². The molecule has 0 bridgehead atoms. The third-order valence-corrected chi connectivity index (χ3v) is 8.73. The molecule has 0 aromatic heterocycles. The normalized spacial score (nSPS) is 15.2. The lowest BCUT2D eigenvalue weighted by Crippen LogP contribution is -2.53. The molecule has 1 aliphatic carbocycles. The van der Waals surface area contributed by atoms with Crippen molar-refractivity contribution in [1.29, 1.82) is 0 Å². The molecule has 0 spiro atoms. The molecule has 1 N–H and O–H groups in total. The standard InChI is InChI=1S/C25H30BrCl2N3O4S/c1-17(25(33)29-20-7-4-3-5-8-20)30(15-18-11-13-19(26)14-12-18)23(32)16-31(36(2,34)35)22-10-6-9-21(27)24(22)28/h6,9-14,17,20H,3-5,7-8,15-16H2,1-2H3,(H,29,33)/t17-/m1/s1. The Bertz CT molecular complexity index is 1190. The van der Waals surface area contributed by atoms with Crippen LogP contribution in [-0.2, 0) is 26.2 Å². The van der Waals surface area contributed by atoms with Gasteiger partial charge in [0, 0.05) is 17.1 Å². The molecular weight excluding hydrogens is 589 g/mol. The predicted molar refractivity (Wildman–Crippen MR) is 148 cm³/mol. The molecule has 0 radical (unpaired) electrons. The van der Waals surface area contributed by atoms with Crippen LogP contribution in [0.25, 0.3) is 0 Å². The molecule has 7 nitrogen and oxygen atoms in total. The highest BCUT2D eigenvalue weighted by Crippen LogP contribution is 2.33. The Morgan fingerprint density at radius 1 is 1.08 bits per heavy atom. The second-order valence-electron chi connectivity index (χ2n) is 9.01. The van der Waals surface area contributed by atoms with Gasteiger partial charge in [-0.1, -0.05) is 76.6 Å². The average Bonchev–Trinajstić information content (AvgIpc) is 2.83. The SMILES string of the molecule is C[C@H](C(=O)NC1CCCCC1)N(Cc1ccc(Br)cc1)C(=O)CN(c1cccc(Cl)c1Cl)S(C)(=O)=O. The number of hydrogen-bond donors (Lipinski definition) is 1. The van der Waals surface area contributed by atoms with Crippen molar-refractivity contribution < 1.29 is 18.0 Å². The van der Waals surface area contributed by atoms with Crippen LogP contribution in [0, 0.1) is 0 Å². The van der Waals surface area contributed by atoms with Crippen LogP contribution >= 0.6 is 39.1 Å². The zero-order valence-corrected chi connectivity index (χ0v) is 24.1. The number of sulfonamides is 1. The summed E-state index contributed by atoms with van der Waals surface area (Å²) >= 11 is 15.8. The van der Waals surface area contributed by atoms with Crippen LogP contribution < -0.4 is 9.62 Å². The van der Waals surface area contributed by atoms with Gasteiger partial charge in [0.1, 0.15) is 12.6 Å². The van der Waals surface area contributed by atoms with E-state index >= 15 is 0 Å². The summed E-state index contributed by atoms with van der Waals surface area (Å²) in [7, 11) is -3.90. The molecule has 2 aromatic carbocycles. The minimum atomic E-state index is -3.90. The number of carbonyl (C=O) groups is 2. The van der Waals surface area contributed by atoms with E-state index in [2.05, 4.69) is 21.2 Å². The number of nitrogens with zero attached hydrogens (tertiary/aromatic N) is 2. The van der Waals surface area contributed by atoms with Crippen LogP contribution in [0.1, 0.15) is 44.6 Å². The largest absolute Gasteiger partial charge is 0.352 e. The highest BCUT2D eigenvalue weighted by molar-refractivity contribution is 9.10. The van der Waals surface area contributed by atoms with Gasteiger partial charge in [-0.3, -0.25) is 13.9 Å². The van der Waals surface area contributed by atoms with Crippen molar-refractivity contribution >= 4 is 66.7 Å². The fourth-order valence-corrected chi connectivity index (χ4v) is 5.78. The van der Waals surface area contributed by atoms with E-state index in [1.165, 1.54) is 17.0 Å². The molecule has 3 rings (SSSR count). The maximum Gasteiger partial charge on any atom is 0.244 e. The number of hydrogen-bond acceptors (Lipinski definition) is 4. The zero-order valence-electron chi connectivity index (χ0n) is 20.2. The molecule has 36 heavy (non-hydrogen) atoms. The van der Waals surface area contributed by atoms with Crippen molar-refractivity contribution in [3.63, 3.8) is 0 Å². The van der Waals surface area contributed by atoms with E-state index in [0.717, 1.165) is 52.7 Å². The monoisotopic (exact) mass is 617 g/mol. The quantitative estimate of drug-likeness (QED) is 0.408. The first-order chi connectivity index (χ1) is 17.0. The molecule has 1 fully saturated rings. The van der Waals surface area contributed by atoms with Gasteiger partial charge in [0.15, 0.2) is 0 Å². The maximum absolute atomic E-state index is 13.6. The van der Waals surface area contributed by atoms with Gasteiger partial charge in [0.25, 0.3) is 0 Å². The van der Waals surface area contributed by atoms with Crippen molar-refractivity contribution in [2.24, 2.45) is 0 Å². The maximum atomic E-state index is 13.6. The lowest BCUT2D eigenvalue weighted by atomic mass is 9.95. The molecular formula is C25H30BrCl2N3O4S. The van der Waals surface area contributed by atoms with E-state index < -0.39 is 28.5 Å². The Balaban J connectivity index is 1.89. The second kappa shape index (κ2) is 12.6. The highest BCUT2D eigenvalue weighted by Gasteiger charge is 2.32. The molecule has 2 aromatic rings. The van der Waals surface area contributed by atoms with Crippen molar-refractivity contribution in [2.45, 2.75) is 57.7 Å². The third kappa shape index (κ3) is 7.60. The number of carbonyl (C=O) groups excluding carboxylic acids is 2. The van der Waals surface area contributed by atoms with E-state index in [4.69, 9.17) is 23.2 Å². The van der Waals surface area contributed by atoms with Crippen molar-refractivity contribution in [2.75, 3.05) is 17.1 Å². The number of halogens is 3. The van der Waals surface area contributed by atoms with Gasteiger partial charge in [-0.2, -0.15) is 0 Å². The second-order valence-corrected chi connectivity index (χ2v) is 12.6. The molecule has 1 aliphatic rings. The number of benzene rings is 2. The molecule has 1 atom stereocenters. The first-order valence-corrected chi connectivity index (χ1v) is 15.1. The number of amides is 2. The van der Waals surface area contributed by atoms with E-state index in [1.807, 2.05) is 24.3 Å². The van der Waals surface area contributed by atoms with Crippen LogP contribution in [0.2, 0.25) is 10.0 Å². The molecule has 0 saturated heterocycles. The Hall–Kier alpha value is -1.81. The Kier molecular flexibility index (Phi) is 10.1. The fourth-order valence-electron chi connectivity index (χ4n) is 4.22. The molecule has 1 saturated carbocycles. The van der Waals surface area contributed by atoms with Gasteiger partial charge in [0.2, 0.25) is 21.8 Å². The Labute approximate surface area is 231 Å². The summed E-state index contributed by atoms with van der Waals surface area (Å²) in [5.41, 5.74) is 0.901. The van der Waals surface area contributed by atoms with E-state index in [0.29, 0.717) is 0 Å². The molecule has 2 amide bonds. The van der Waals surface area contributed by atoms with Crippen molar-refractivity contribution in [3.05, 3.63) is 62.5 Å². The fraction of sp³-hybridized carbons (Fsp3) is 0.440. The summed E-state index contributed by atoms with van der Waals surface area (Å²) in [6.07, 6.45) is 6.09. The van der Waals surface area contributed by atoms with Gasteiger partial charge in [-0.25, -0.2) is 8.42 Å². The summed E-state index contributed by atoms with van der Waals surface area (Å²) in [5, 5.41) is 3.27. The molecule has 0 aliphatic heterocycles. The molecule has 0 unspecified atom stereocenters.